The van der Waals surface area contributed by atoms with Crippen LogP contribution in [0.3, 0.4) is 0 Å². The van der Waals surface area contributed by atoms with Crippen molar-refractivity contribution in [3.63, 3.8) is 0 Å². The molecule has 160 valence electrons. The predicted octanol–water partition coefficient (Wildman–Crippen LogP) is 8.13. The molecule has 2 nitrogen and oxygen atoms in total. The summed E-state index contributed by atoms with van der Waals surface area (Å²) in [5.74, 6) is 3.65. The fraction of sp³-hybridized carbons (Fsp3) is 0.720. The van der Waals surface area contributed by atoms with E-state index in [0.717, 1.165) is 17.8 Å². The molecule has 0 aliphatic heterocycles. The molecule has 3 rings (SSSR count). The van der Waals surface area contributed by atoms with Gasteiger partial charge < -0.3 is 4.74 Å². The first-order valence-corrected chi connectivity index (χ1v) is 12.1. The number of benzene rings is 1. The molecule has 1 aromatic rings. The fourth-order valence-corrected chi connectivity index (χ4v) is 5.49. The highest BCUT2D eigenvalue weighted by atomic mass is 32.1. The molecule has 2 saturated carbocycles. The SMILES string of the molecule is CCCCCC1CCC(C2CCC(COc3ccc(N=C=S)c(F)c3)CC2)CC1. The largest absolute Gasteiger partial charge is 0.493 e. The lowest BCUT2D eigenvalue weighted by molar-refractivity contribution is 0.121. The maximum absolute atomic E-state index is 13.9. The van der Waals surface area contributed by atoms with Crippen LogP contribution < -0.4 is 4.74 Å². The quantitative estimate of drug-likeness (QED) is 0.230. The first-order valence-electron chi connectivity index (χ1n) is 11.7. The van der Waals surface area contributed by atoms with Crippen molar-refractivity contribution >= 4 is 23.1 Å². The van der Waals surface area contributed by atoms with Crippen molar-refractivity contribution in [2.45, 2.75) is 84.0 Å². The van der Waals surface area contributed by atoms with Crippen molar-refractivity contribution in [3.8, 4) is 5.75 Å². The van der Waals surface area contributed by atoms with Gasteiger partial charge in [0, 0.05) is 6.07 Å². The van der Waals surface area contributed by atoms with E-state index in [1.165, 1.54) is 83.1 Å². The zero-order valence-electron chi connectivity index (χ0n) is 17.9. The minimum absolute atomic E-state index is 0.216. The van der Waals surface area contributed by atoms with Crippen LogP contribution in [0.4, 0.5) is 10.1 Å². The molecule has 0 amide bonds. The third-order valence-corrected chi connectivity index (χ3v) is 7.33. The molecule has 0 bridgehead atoms. The van der Waals surface area contributed by atoms with E-state index in [0.29, 0.717) is 18.3 Å². The van der Waals surface area contributed by atoms with Crippen LogP contribution in [-0.2, 0) is 0 Å². The van der Waals surface area contributed by atoms with Gasteiger partial charge in [0.2, 0.25) is 0 Å². The molecule has 2 fully saturated rings. The van der Waals surface area contributed by atoms with Crippen molar-refractivity contribution in [2.24, 2.45) is 28.7 Å². The fourth-order valence-electron chi connectivity index (χ4n) is 5.39. The van der Waals surface area contributed by atoms with Crippen molar-refractivity contribution < 1.29 is 9.13 Å². The van der Waals surface area contributed by atoms with Crippen molar-refractivity contribution in [2.75, 3.05) is 6.61 Å². The second kappa shape index (κ2) is 11.8. The maximum Gasteiger partial charge on any atom is 0.153 e. The second-order valence-corrected chi connectivity index (χ2v) is 9.37. The Hall–Kier alpha value is -1.25. The van der Waals surface area contributed by atoms with E-state index in [1.807, 2.05) is 0 Å². The summed E-state index contributed by atoms with van der Waals surface area (Å²) in [5, 5.41) is 2.20. The molecule has 0 radical (unpaired) electrons. The normalized spacial score (nSPS) is 27.2. The predicted molar refractivity (Wildman–Crippen MR) is 122 cm³/mol. The number of thiocarbonyl (C=S) groups is 1. The van der Waals surface area contributed by atoms with Crippen molar-refractivity contribution in [1.82, 2.24) is 0 Å². The summed E-state index contributed by atoms with van der Waals surface area (Å²) in [7, 11) is 0. The van der Waals surface area contributed by atoms with E-state index >= 15 is 0 Å². The highest BCUT2D eigenvalue weighted by Gasteiger charge is 2.30. The van der Waals surface area contributed by atoms with Crippen LogP contribution in [0.15, 0.2) is 23.2 Å². The molecule has 0 spiro atoms. The van der Waals surface area contributed by atoms with Gasteiger partial charge in [-0.3, -0.25) is 0 Å². The third-order valence-electron chi connectivity index (χ3n) is 7.24. The molecule has 29 heavy (non-hydrogen) atoms. The van der Waals surface area contributed by atoms with E-state index in [2.05, 4.69) is 29.3 Å². The van der Waals surface area contributed by atoms with Crippen LogP contribution in [0.5, 0.6) is 5.75 Å². The van der Waals surface area contributed by atoms with E-state index in [-0.39, 0.29) is 5.69 Å². The Morgan fingerprint density at radius 2 is 1.66 bits per heavy atom. The van der Waals surface area contributed by atoms with Crippen LogP contribution in [0.25, 0.3) is 0 Å². The number of isothiocyanates is 1. The molecule has 1 aromatic carbocycles. The first-order chi connectivity index (χ1) is 14.2. The Morgan fingerprint density at radius 3 is 2.24 bits per heavy atom. The standard InChI is InChI=1S/C25H36FNOS/c1-2-3-4-5-19-6-10-21(11-7-19)22-12-8-20(9-13-22)17-28-23-14-15-25(27-18-29)24(26)16-23/h14-16,19-22H,2-13,17H2,1H3. The monoisotopic (exact) mass is 417 g/mol. The summed E-state index contributed by atoms with van der Waals surface area (Å²) in [6, 6.07) is 4.76. The number of rotatable bonds is 9. The van der Waals surface area contributed by atoms with Crippen LogP contribution >= 0.6 is 12.2 Å². The van der Waals surface area contributed by atoms with Crippen LogP contribution in [-0.4, -0.2) is 11.8 Å². The molecule has 4 heteroatoms. The Bertz CT molecular complexity index is 671. The second-order valence-electron chi connectivity index (χ2n) is 9.18. The molecule has 0 saturated heterocycles. The van der Waals surface area contributed by atoms with Gasteiger partial charge in [-0.1, -0.05) is 45.4 Å². The minimum Gasteiger partial charge on any atom is -0.493 e. The first kappa shape index (κ1) is 22.4. The summed E-state index contributed by atoms with van der Waals surface area (Å²) < 4.78 is 19.8. The number of hydrogen-bond donors (Lipinski definition) is 0. The lowest BCUT2D eigenvalue weighted by Gasteiger charge is -2.38. The summed E-state index contributed by atoms with van der Waals surface area (Å²) in [6.07, 6.45) is 16.7. The topological polar surface area (TPSA) is 21.6 Å². The van der Waals surface area contributed by atoms with Gasteiger partial charge in [0.05, 0.1) is 11.8 Å². The molecule has 2 aliphatic rings. The number of halogens is 1. The molecule has 0 atom stereocenters. The van der Waals surface area contributed by atoms with E-state index in [1.54, 1.807) is 12.1 Å². The van der Waals surface area contributed by atoms with Gasteiger partial charge >= 0.3 is 0 Å². The molecule has 0 N–H and O–H groups in total. The average Bonchev–Trinajstić information content (AvgIpc) is 2.75. The smallest absolute Gasteiger partial charge is 0.153 e. The van der Waals surface area contributed by atoms with Gasteiger partial charge in [0.15, 0.2) is 5.82 Å². The van der Waals surface area contributed by atoms with Gasteiger partial charge in [0.1, 0.15) is 11.4 Å². The summed E-state index contributed by atoms with van der Waals surface area (Å²) in [5.41, 5.74) is 0.216. The zero-order valence-corrected chi connectivity index (χ0v) is 18.7. The van der Waals surface area contributed by atoms with Crippen LogP contribution in [0.1, 0.15) is 84.0 Å². The highest BCUT2D eigenvalue weighted by molar-refractivity contribution is 7.78. The van der Waals surface area contributed by atoms with E-state index < -0.39 is 5.82 Å². The number of aliphatic imine (C=N–C) groups is 1. The maximum atomic E-state index is 13.9. The Morgan fingerprint density at radius 1 is 1.00 bits per heavy atom. The van der Waals surface area contributed by atoms with E-state index in [9.17, 15) is 4.39 Å². The molecular formula is C25H36FNOS. The van der Waals surface area contributed by atoms with E-state index in [4.69, 9.17) is 4.74 Å². The Balaban J connectivity index is 1.36. The van der Waals surface area contributed by atoms with Gasteiger partial charge in [-0.15, -0.1) is 0 Å². The van der Waals surface area contributed by atoms with Gasteiger partial charge in [-0.05, 0) is 86.5 Å². The lowest BCUT2D eigenvalue weighted by atomic mass is 9.69. The van der Waals surface area contributed by atoms with Crippen LogP contribution in [0.2, 0.25) is 0 Å². The Kier molecular flexibility index (Phi) is 9.14. The molecule has 0 heterocycles. The van der Waals surface area contributed by atoms with Crippen molar-refractivity contribution in [1.29, 1.82) is 0 Å². The zero-order chi connectivity index (χ0) is 20.5. The van der Waals surface area contributed by atoms with Gasteiger partial charge in [0.25, 0.3) is 0 Å². The summed E-state index contributed by atoms with van der Waals surface area (Å²) in [6.45, 7) is 2.98. The van der Waals surface area contributed by atoms with Gasteiger partial charge in [-0.25, -0.2) is 4.39 Å². The molecule has 0 aromatic heterocycles. The summed E-state index contributed by atoms with van der Waals surface area (Å²) in [4.78, 5) is 3.71. The van der Waals surface area contributed by atoms with Crippen molar-refractivity contribution in [3.05, 3.63) is 24.0 Å². The molecule has 2 aliphatic carbocycles. The Labute approximate surface area is 181 Å². The average molecular weight is 418 g/mol. The number of hydrogen-bond acceptors (Lipinski definition) is 3. The van der Waals surface area contributed by atoms with Gasteiger partial charge in [-0.2, -0.15) is 4.99 Å². The third kappa shape index (κ3) is 6.89. The lowest BCUT2D eigenvalue weighted by Crippen LogP contribution is -2.27. The van der Waals surface area contributed by atoms with Crippen LogP contribution in [0, 0.1) is 29.5 Å². The number of nitrogens with zero attached hydrogens (tertiary/aromatic N) is 1. The molecule has 0 unspecified atom stereocenters. The number of ether oxygens (including phenoxy) is 1. The highest BCUT2D eigenvalue weighted by Crippen LogP contribution is 2.42. The minimum atomic E-state index is -0.408. The number of unbranched alkanes of at least 4 members (excludes halogenated alkanes) is 2. The molecular weight excluding hydrogens is 381 g/mol. The summed E-state index contributed by atoms with van der Waals surface area (Å²) >= 11 is 4.53.